The zero-order chi connectivity index (χ0) is 17.4. The Bertz CT molecular complexity index is 671. The predicted octanol–water partition coefficient (Wildman–Crippen LogP) is 4.12. The molecule has 0 fully saturated rings. The van der Waals surface area contributed by atoms with Crippen molar-refractivity contribution in [2.45, 2.75) is 24.9 Å². The largest absolute Gasteiger partial charge is 0.462 e. The van der Waals surface area contributed by atoms with E-state index in [1.165, 1.54) is 5.56 Å². The highest BCUT2D eigenvalue weighted by Crippen LogP contribution is 2.19. The van der Waals surface area contributed by atoms with Gasteiger partial charge in [0.05, 0.1) is 17.4 Å². The summed E-state index contributed by atoms with van der Waals surface area (Å²) >= 11 is 1.59. The molecule has 0 aromatic heterocycles. The van der Waals surface area contributed by atoms with E-state index in [0.717, 1.165) is 5.75 Å². The van der Waals surface area contributed by atoms with Crippen LogP contribution in [0.4, 0.5) is 5.69 Å². The molecule has 0 bridgehead atoms. The fraction of sp³-hybridized carbons (Fsp3) is 0.263. The molecule has 1 N–H and O–H groups in total. The molecule has 0 aliphatic carbocycles. The van der Waals surface area contributed by atoms with Gasteiger partial charge >= 0.3 is 5.97 Å². The van der Waals surface area contributed by atoms with E-state index in [-0.39, 0.29) is 17.1 Å². The summed E-state index contributed by atoms with van der Waals surface area (Å²) in [5, 5.41) is 2.69. The number of nitrogens with one attached hydrogen (secondary N) is 1. The molecule has 0 saturated heterocycles. The number of benzene rings is 2. The lowest BCUT2D eigenvalue weighted by Crippen LogP contribution is -2.22. The predicted molar refractivity (Wildman–Crippen MR) is 98.2 cm³/mol. The third kappa shape index (κ3) is 5.42. The second kappa shape index (κ2) is 9.13. The summed E-state index contributed by atoms with van der Waals surface area (Å²) in [6.45, 7) is 3.99. The Morgan fingerprint density at radius 2 is 1.75 bits per heavy atom. The van der Waals surface area contributed by atoms with E-state index in [1.807, 2.05) is 37.3 Å². The van der Waals surface area contributed by atoms with E-state index < -0.39 is 0 Å². The van der Waals surface area contributed by atoms with Crippen molar-refractivity contribution in [3.05, 3.63) is 65.7 Å². The molecule has 2 rings (SSSR count). The average Bonchev–Trinajstić information content (AvgIpc) is 2.61. The number of thioether (sulfide) groups is 1. The molecule has 2 aromatic carbocycles. The van der Waals surface area contributed by atoms with Crippen LogP contribution in [0.1, 0.15) is 29.8 Å². The standard InChI is InChI=1S/C19H21NO3S/c1-3-23-19(22)16-9-11-17(12-10-16)20-18(21)14(2)24-13-15-7-5-4-6-8-15/h4-12,14H,3,13H2,1-2H3,(H,20,21)/t14-/m1/s1. The van der Waals surface area contributed by atoms with Crippen molar-refractivity contribution in [2.75, 3.05) is 11.9 Å². The number of rotatable bonds is 7. The quantitative estimate of drug-likeness (QED) is 0.768. The summed E-state index contributed by atoms with van der Waals surface area (Å²) < 4.78 is 4.93. The molecular formula is C19H21NO3S. The molecule has 24 heavy (non-hydrogen) atoms. The molecule has 126 valence electrons. The van der Waals surface area contributed by atoms with Crippen molar-refractivity contribution < 1.29 is 14.3 Å². The van der Waals surface area contributed by atoms with Crippen LogP contribution in [0.5, 0.6) is 0 Å². The lowest BCUT2D eigenvalue weighted by molar-refractivity contribution is -0.115. The third-order valence-corrected chi connectivity index (χ3v) is 4.59. The van der Waals surface area contributed by atoms with Crippen molar-refractivity contribution in [3.8, 4) is 0 Å². The van der Waals surface area contributed by atoms with Crippen LogP contribution < -0.4 is 5.32 Å². The van der Waals surface area contributed by atoms with Gasteiger partial charge in [0.15, 0.2) is 0 Å². The Kier molecular flexibility index (Phi) is 6.88. The van der Waals surface area contributed by atoms with Gasteiger partial charge in [-0.15, -0.1) is 11.8 Å². The van der Waals surface area contributed by atoms with Crippen LogP contribution in [0.2, 0.25) is 0 Å². The van der Waals surface area contributed by atoms with Crippen molar-refractivity contribution in [3.63, 3.8) is 0 Å². The molecule has 4 nitrogen and oxygen atoms in total. The summed E-state index contributed by atoms with van der Waals surface area (Å²) in [5.41, 5.74) is 2.34. The maximum absolute atomic E-state index is 12.2. The molecule has 1 amide bonds. The van der Waals surface area contributed by atoms with Crippen LogP contribution in [-0.2, 0) is 15.3 Å². The molecule has 0 radical (unpaired) electrons. The third-order valence-electron chi connectivity index (χ3n) is 3.38. The first-order valence-corrected chi connectivity index (χ1v) is 8.88. The highest BCUT2D eigenvalue weighted by atomic mass is 32.2. The minimum Gasteiger partial charge on any atom is -0.462 e. The smallest absolute Gasteiger partial charge is 0.338 e. The van der Waals surface area contributed by atoms with Crippen molar-refractivity contribution in [1.29, 1.82) is 0 Å². The molecule has 0 spiro atoms. The van der Waals surface area contributed by atoms with E-state index in [9.17, 15) is 9.59 Å². The maximum Gasteiger partial charge on any atom is 0.338 e. The summed E-state index contributed by atoms with van der Waals surface area (Å²) in [5.74, 6) is 0.374. The molecule has 0 aliphatic rings. The number of carbonyl (C=O) groups excluding carboxylic acids is 2. The fourth-order valence-electron chi connectivity index (χ4n) is 2.02. The Labute approximate surface area is 146 Å². The van der Waals surface area contributed by atoms with Crippen LogP contribution in [0.15, 0.2) is 54.6 Å². The van der Waals surface area contributed by atoms with Crippen LogP contribution in [-0.4, -0.2) is 23.7 Å². The molecule has 0 saturated carbocycles. The molecule has 2 aromatic rings. The van der Waals surface area contributed by atoms with Gasteiger partial charge in [-0.1, -0.05) is 30.3 Å². The molecule has 0 aliphatic heterocycles. The second-order valence-electron chi connectivity index (χ2n) is 5.23. The van der Waals surface area contributed by atoms with Gasteiger partial charge in [-0.05, 0) is 43.7 Å². The highest BCUT2D eigenvalue weighted by molar-refractivity contribution is 7.99. The van der Waals surface area contributed by atoms with Gasteiger partial charge in [0, 0.05) is 11.4 Å². The van der Waals surface area contributed by atoms with E-state index in [1.54, 1.807) is 43.0 Å². The first-order chi connectivity index (χ1) is 11.6. The summed E-state index contributed by atoms with van der Waals surface area (Å²) in [4.78, 5) is 23.8. The van der Waals surface area contributed by atoms with Crippen LogP contribution in [0.3, 0.4) is 0 Å². The number of anilines is 1. The zero-order valence-electron chi connectivity index (χ0n) is 13.8. The maximum atomic E-state index is 12.2. The number of carbonyl (C=O) groups is 2. The first-order valence-electron chi connectivity index (χ1n) is 7.83. The Balaban J connectivity index is 1.85. The van der Waals surface area contributed by atoms with Gasteiger partial charge in [-0.3, -0.25) is 4.79 Å². The summed E-state index contributed by atoms with van der Waals surface area (Å²) in [7, 11) is 0. The van der Waals surface area contributed by atoms with Gasteiger partial charge in [0.1, 0.15) is 0 Å². The summed E-state index contributed by atoms with van der Waals surface area (Å²) in [6, 6.07) is 16.8. The van der Waals surface area contributed by atoms with E-state index in [0.29, 0.717) is 17.9 Å². The SMILES string of the molecule is CCOC(=O)c1ccc(NC(=O)[C@@H](C)SCc2ccccc2)cc1. The Hall–Kier alpha value is -2.27. The molecule has 1 atom stereocenters. The number of esters is 1. The number of hydrogen-bond acceptors (Lipinski definition) is 4. The van der Waals surface area contributed by atoms with Crippen LogP contribution >= 0.6 is 11.8 Å². The van der Waals surface area contributed by atoms with Gasteiger partial charge in [0.25, 0.3) is 0 Å². The van der Waals surface area contributed by atoms with E-state index in [2.05, 4.69) is 5.32 Å². The van der Waals surface area contributed by atoms with Crippen molar-refractivity contribution in [1.82, 2.24) is 0 Å². The van der Waals surface area contributed by atoms with Crippen molar-refractivity contribution in [2.24, 2.45) is 0 Å². The Morgan fingerprint density at radius 3 is 2.38 bits per heavy atom. The average molecular weight is 343 g/mol. The first kappa shape index (κ1) is 18.1. The topological polar surface area (TPSA) is 55.4 Å². The van der Waals surface area contributed by atoms with Crippen LogP contribution in [0.25, 0.3) is 0 Å². The van der Waals surface area contributed by atoms with Gasteiger partial charge in [-0.2, -0.15) is 0 Å². The van der Waals surface area contributed by atoms with Crippen LogP contribution in [0, 0.1) is 0 Å². The number of ether oxygens (including phenoxy) is 1. The van der Waals surface area contributed by atoms with Gasteiger partial charge in [0.2, 0.25) is 5.91 Å². The molecule has 5 heteroatoms. The summed E-state index contributed by atoms with van der Waals surface area (Å²) in [6.07, 6.45) is 0. The molecule has 0 unspecified atom stereocenters. The minimum atomic E-state index is -0.359. The lowest BCUT2D eigenvalue weighted by atomic mass is 10.2. The second-order valence-corrected chi connectivity index (χ2v) is 6.56. The number of amides is 1. The van der Waals surface area contributed by atoms with Crippen molar-refractivity contribution >= 4 is 29.3 Å². The van der Waals surface area contributed by atoms with Gasteiger partial charge < -0.3 is 10.1 Å². The minimum absolute atomic E-state index is 0.0557. The van der Waals surface area contributed by atoms with E-state index in [4.69, 9.17) is 4.74 Å². The molecule has 0 heterocycles. The number of hydrogen-bond donors (Lipinski definition) is 1. The highest BCUT2D eigenvalue weighted by Gasteiger charge is 2.14. The lowest BCUT2D eigenvalue weighted by Gasteiger charge is -2.12. The van der Waals surface area contributed by atoms with E-state index >= 15 is 0 Å². The Morgan fingerprint density at radius 1 is 1.08 bits per heavy atom. The normalized spacial score (nSPS) is 11.6. The van der Waals surface area contributed by atoms with Gasteiger partial charge in [-0.25, -0.2) is 4.79 Å². The fourth-order valence-corrected chi connectivity index (χ4v) is 2.86. The zero-order valence-corrected chi connectivity index (χ0v) is 14.6. The monoisotopic (exact) mass is 343 g/mol. The molecular weight excluding hydrogens is 322 g/mol.